The summed E-state index contributed by atoms with van der Waals surface area (Å²) in [5, 5.41) is 9.35. The van der Waals surface area contributed by atoms with Gasteiger partial charge in [0, 0.05) is 11.6 Å². The lowest BCUT2D eigenvalue weighted by atomic mass is 9.94. The Morgan fingerprint density at radius 3 is 2.30 bits per heavy atom. The third-order valence-corrected chi connectivity index (χ3v) is 4.82. The van der Waals surface area contributed by atoms with Crippen LogP contribution in [0.15, 0.2) is 60.7 Å². The number of carbonyl (C=O) groups excluding carboxylic acids is 2. The van der Waals surface area contributed by atoms with Gasteiger partial charge in [0.25, 0.3) is 5.91 Å². The fourth-order valence-corrected chi connectivity index (χ4v) is 3.24. The van der Waals surface area contributed by atoms with Crippen LogP contribution in [-0.2, 0) is 4.79 Å². The number of rotatable bonds is 5. The number of benzene rings is 2. The van der Waals surface area contributed by atoms with E-state index in [1.54, 1.807) is 12.1 Å². The molecule has 6 heteroatoms. The monoisotopic (exact) mass is 387 g/mol. The van der Waals surface area contributed by atoms with Crippen LogP contribution in [0, 0.1) is 5.92 Å². The van der Waals surface area contributed by atoms with Crippen LogP contribution in [0.3, 0.4) is 0 Å². The van der Waals surface area contributed by atoms with Crippen molar-refractivity contribution >= 4 is 24.2 Å². The fraction of sp³-hybridized carbons (Fsp3) is 0.333. The van der Waals surface area contributed by atoms with E-state index in [-0.39, 0.29) is 30.3 Å². The lowest BCUT2D eigenvalue weighted by Gasteiger charge is -2.31. The van der Waals surface area contributed by atoms with Gasteiger partial charge >= 0.3 is 0 Å². The second-order valence-corrected chi connectivity index (χ2v) is 6.77. The first kappa shape index (κ1) is 20.9. The molecule has 3 N–H and O–H groups in total. The van der Waals surface area contributed by atoms with Crippen molar-refractivity contribution in [3.63, 3.8) is 0 Å². The molecule has 2 aromatic carbocycles. The van der Waals surface area contributed by atoms with Crippen LogP contribution >= 0.6 is 12.4 Å². The largest absolute Gasteiger partial charge is 0.351 e. The van der Waals surface area contributed by atoms with Gasteiger partial charge in [0.2, 0.25) is 5.91 Å². The van der Waals surface area contributed by atoms with E-state index >= 15 is 0 Å². The molecule has 0 aromatic heterocycles. The van der Waals surface area contributed by atoms with Crippen molar-refractivity contribution in [2.24, 2.45) is 5.92 Å². The summed E-state index contributed by atoms with van der Waals surface area (Å²) in [6, 6.07) is 17.7. The highest BCUT2D eigenvalue weighted by atomic mass is 35.5. The summed E-state index contributed by atoms with van der Waals surface area (Å²) >= 11 is 0. The van der Waals surface area contributed by atoms with Crippen molar-refractivity contribution in [1.29, 1.82) is 0 Å². The average molecular weight is 388 g/mol. The topological polar surface area (TPSA) is 70.2 Å². The number of carbonyl (C=O) groups is 2. The molecule has 1 aliphatic heterocycles. The van der Waals surface area contributed by atoms with Crippen LogP contribution in [0.25, 0.3) is 0 Å². The maximum atomic E-state index is 13.0. The smallest absolute Gasteiger partial charge is 0.252 e. The Kier molecular flexibility index (Phi) is 7.82. The van der Waals surface area contributed by atoms with Crippen LogP contribution < -0.4 is 16.0 Å². The Hall–Kier alpha value is -2.37. The molecule has 1 saturated heterocycles. The minimum Gasteiger partial charge on any atom is -0.351 e. The number of hydrogen-bond acceptors (Lipinski definition) is 3. The Morgan fingerprint density at radius 2 is 1.67 bits per heavy atom. The van der Waals surface area contributed by atoms with Crippen molar-refractivity contribution in [2.75, 3.05) is 13.1 Å². The van der Waals surface area contributed by atoms with Crippen molar-refractivity contribution in [3.8, 4) is 0 Å². The van der Waals surface area contributed by atoms with E-state index in [1.165, 1.54) is 0 Å². The van der Waals surface area contributed by atoms with E-state index in [0.717, 1.165) is 25.1 Å². The predicted octanol–water partition coefficient (Wildman–Crippen LogP) is 2.69. The summed E-state index contributed by atoms with van der Waals surface area (Å²) in [4.78, 5) is 25.6. The number of halogens is 1. The fourth-order valence-electron chi connectivity index (χ4n) is 3.24. The zero-order chi connectivity index (χ0) is 18.4. The molecule has 2 amide bonds. The van der Waals surface area contributed by atoms with Gasteiger partial charge in [0.15, 0.2) is 0 Å². The third kappa shape index (κ3) is 5.55. The first-order valence-electron chi connectivity index (χ1n) is 9.07. The highest BCUT2D eigenvalue weighted by Gasteiger charge is 2.28. The number of piperidine rings is 1. The quantitative estimate of drug-likeness (QED) is 0.738. The molecule has 144 valence electrons. The first-order chi connectivity index (χ1) is 12.6. The lowest BCUT2D eigenvalue weighted by molar-refractivity contribution is -0.124. The van der Waals surface area contributed by atoms with Crippen molar-refractivity contribution in [2.45, 2.75) is 25.4 Å². The number of hydrogen-bond donors (Lipinski definition) is 3. The van der Waals surface area contributed by atoms with Crippen molar-refractivity contribution in [3.05, 3.63) is 71.8 Å². The molecule has 2 aromatic rings. The summed E-state index contributed by atoms with van der Waals surface area (Å²) in [7, 11) is 0. The third-order valence-electron chi connectivity index (χ3n) is 4.82. The van der Waals surface area contributed by atoms with Gasteiger partial charge in [0.1, 0.15) is 6.04 Å². The molecule has 3 atom stereocenters. The van der Waals surface area contributed by atoms with Gasteiger partial charge < -0.3 is 16.0 Å². The molecule has 1 aliphatic rings. The predicted molar refractivity (Wildman–Crippen MR) is 109 cm³/mol. The van der Waals surface area contributed by atoms with E-state index < -0.39 is 6.04 Å². The number of nitrogens with one attached hydrogen (secondary N) is 3. The minimum absolute atomic E-state index is 0. The van der Waals surface area contributed by atoms with Gasteiger partial charge in [-0.1, -0.05) is 55.5 Å². The maximum absolute atomic E-state index is 13.0. The number of amides is 2. The molecule has 1 heterocycles. The second kappa shape index (κ2) is 10.1. The van der Waals surface area contributed by atoms with Gasteiger partial charge in [-0.3, -0.25) is 9.59 Å². The Bertz CT molecular complexity index is 740. The molecule has 0 radical (unpaired) electrons. The van der Waals surface area contributed by atoms with Crippen LogP contribution in [0.2, 0.25) is 0 Å². The Labute approximate surface area is 166 Å². The standard InChI is InChI=1S/C21H25N3O2.ClH/c1-15-14-22-13-12-18(15)23-21(26)19(16-8-4-2-5-9-16)24-20(25)17-10-6-3-7-11-17;/h2-11,15,18-19,22H,12-14H2,1H3,(H,23,26)(H,24,25);1H. The van der Waals surface area contributed by atoms with Gasteiger partial charge in [-0.15, -0.1) is 12.4 Å². The van der Waals surface area contributed by atoms with Gasteiger partial charge in [-0.25, -0.2) is 0 Å². The van der Waals surface area contributed by atoms with E-state index in [2.05, 4.69) is 22.9 Å². The average Bonchev–Trinajstić information content (AvgIpc) is 2.69. The minimum atomic E-state index is -0.717. The zero-order valence-corrected chi connectivity index (χ0v) is 16.2. The molecule has 3 unspecified atom stereocenters. The van der Waals surface area contributed by atoms with Crippen molar-refractivity contribution in [1.82, 2.24) is 16.0 Å². The highest BCUT2D eigenvalue weighted by molar-refractivity contribution is 5.97. The highest BCUT2D eigenvalue weighted by Crippen LogP contribution is 2.17. The molecule has 0 spiro atoms. The molecule has 5 nitrogen and oxygen atoms in total. The van der Waals surface area contributed by atoms with Crippen LogP contribution in [0.5, 0.6) is 0 Å². The maximum Gasteiger partial charge on any atom is 0.252 e. The summed E-state index contributed by atoms with van der Waals surface area (Å²) in [6.07, 6.45) is 0.890. The molecule has 1 fully saturated rings. The molecular weight excluding hydrogens is 362 g/mol. The normalized spacial score (nSPS) is 20.0. The Morgan fingerprint density at radius 1 is 1.04 bits per heavy atom. The molecular formula is C21H26ClN3O2. The van der Waals surface area contributed by atoms with E-state index in [0.29, 0.717) is 11.5 Å². The van der Waals surface area contributed by atoms with Crippen LogP contribution in [-0.4, -0.2) is 30.9 Å². The first-order valence-corrected chi connectivity index (χ1v) is 9.07. The van der Waals surface area contributed by atoms with E-state index in [9.17, 15) is 9.59 Å². The second-order valence-electron chi connectivity index (χ2n) is 6.77. The Balaban J connectivity index is 0.00000261. The van der Waals surface area contributed by atoms with E-state index in [4.69, 9.17) is 0 Å². The van der Waals surface area contributed by atoms with Gasteiger partial charge in [-0.05, 0) is 43.1 Å². The summed E-state index contributed by atoms with van der Waals surface area (Å²) in [6.45, 7) is 3.90. The summed E-state index contributed by atoms with van der Waals surface area (Å²) in [5.74, 6) is -0.0684. The molecule has 27 heavy (non-hydrogen) atoms. The molecule has 0 aliphatic carbocycles. The van der Waals surface area contributed by atoms with Crippen LogP contribution in [0.4, 0.5) is 0 Å². The summed E-state index contributed by atoms with van der Waals surface area (Å²) in [5.41, 5.74) is 1.31. The molecule has 0 saturated carbocycles. The van der Waals surface area contributed by atoms with Gasteiger partial charge in [-0.2, -0.15) is 0 Å². The van der Waals surface area contributed by atoms with E-state index in [1.807, 2.05) is 48.5 Å². The van der Waals surface area contributed by atoms with Crippen LogP contribution in [0.1, 0.15) is 35.3 Å². The molecule has 3 rings (SSSR count). The van der Waals surface area contributed by atoms with Gasteiger partial charge in [0.05, 0.1) is 0 Å². The summed E-state index contributed by atoms with van der Waals surface area (Å²) < 4.78 is 0. The lowest BCUT2D eigenvalue weighted by Crippen LogP contribution is -2.51. The SMILES string of the molecule is CC1CNCCC1NC(=O)C(NC(=O)c1ccccc1)c1ccccc1.Cl. The van der Waals surface area contributed by atoms with Crippen molar-refractivity contribution < 1.29 is 9.59 Å². The zero-order valence-electron chi connectivity index (χ0n) is 15.4. The molecule has 0 bridgehead atoms.